The first-order valence-corrected chi connectivity index (χ1v) is 7.79. The number of esters is 2. The Bertz CT molecular complexity index is 698. The van der Waals surface area contributed by atoms with E-state index in [1.54, 1.807) is 19.1 Å². The fraction of sp³-hybridized carbons (Fsp3) is 0.412. The van der Waals surface area contributed by atoms with Crippen LogP contribution in [0.3, 0.4) is 0 Å². The van der Waals surface area contributed by atoms with Crippen LogP contribution in [-0.2, 0) is 23.9 Å². The normalized spacial score (nSPS) is 12.9. The summed E-state index contributed by atoms with van der Waals surface area (Å²) in [6.45, 7) is 1.48. The Balaban J connectivity index is 2.18. The third kappa shape index (κ3) is 4.56. The van der Waals surface area contributed by atoms with Gasteiger partial charge in [-0.25, -0.2) is 0 Å². The van der Waals surface area contributed by atoms with Crippen molar-refractivity contribution in [3.05, 3.63) is 23.8 Å². The minimum absolute atomic E-state index is 0.0105. The molecule has 1 aliphatic heterocycles. The summed E-state index contributed by atoms with van der Waals surface area (Å²) in [7, 11) is 1.23. The lowest BCUT2D eigenvalue weighted by Gasteiger charge is -2.28. The van der Waals surface area contributed by atoms with Gasteiger partial charge in [-0.2, -0.15) is 0 Å². The molecule has 0 aromatic heterocycles. The Hall–Kier alpha value is -2.90. The monoisotopic (exact) mass is 349 g/mol. The number of hydrogen-bond donors (Lipinski definition) is 0. The van der Waals surface area contributed by atoms with Crippen molar-refractivity contribution in [1.82, 2.24) is 0 Å². The predicted octanol–water partition coefficient (Wildman–Crippen LogP) is 1.11. The summed E-state index contributed by atoms with van der Waals surface area (Å²) < 4.78 is 14.7. The molecule has 0 aliphatic carbocycles. The van der Waals surface area contributed by atoms with Crippen LogP contribution < -0.4 is 9.64 Å². The lowest BCUT2D eigenvalue weighted by Crippen LogP contribution is -2.42. The van der Waals surface area contributed by atoms with Crippen LogP contribution in [-0.4, -0.2) is 50.5 Å². The van der Waals surface area contributed by atoms with E-state index in [1.165, 1.54) is 18.1 Å². The van der Waals surface area contributed by atoms with E-state index in [2.05, 4.69) is 4.74 Å². The van der Waals surface area contributed by atoms with E-state index in [0.29, 0.717) is 17.0 Å². The van der Waals surface area contributed by atoms with Crippen molar-refractivity contribution in [2.75, 3.05) is 31.8 Å². The van der Waals surface area contributed by atoms with Crippen molar-refractivity contribution >= 4 is 29.3 Å². The molecule has 0 saturated carbocycles. The molecule has 0 saturated heterocycles. The molecule has 1 amide bonds. The molecule has 1 aromatic rings. The van der Waals surface area contributed by atoms with E-state index < -0.39 is 17.8 Å². The Morgan fingerprint density at radius 3 is 2.64 bits per heavy atom. The minimum atomic E-state index is -0.583. The first-order chi connectivity index (χ1) is 12.0. The number of methoxy groups -OCH3 is 1. The minimum Gasteiger partial charge on any atom is -0.482 e. The summed E-state index contributed by atoms with van der Waals surface area (Å²) >= 11 is 0. The third-order valence-electron chi connectivity index (χ3n) is 3.60. The lowest BCUT2D eigenvalue weighted by molar-refractivity contribution is -0.143. The molecule has 0 N–H and O–H groups in total. The van der Waals surface area contributed by atoms with Gasteiger partial charge in [0.1, 0.15) is 12.3 Å². The zero-order chi connectivity index (χ0) is 18.4. The van der Waals surface area contributed by atoms with Gasteiger partial charge in [-0.1, -0.05) is 0 Å². The fourth-order valence-corrected chi connectivity index (χ4v) is 2.34. The molecule has 8 heteroatoms. The molecule has 25 heavy (non-hydrogen) atoms. The van der Waals surface area contributed by atoms with Gasteiger partial charge in [0.15, 0.2) is 12.4 Å². The number of ketones is 1. The maximum absolute atomic E-state index is 12.3. The molecule has 0 radical (unpaired) electrons. The molecular weight excluding hydrogens is 330 g/mol. The van der Waals surface area contributed by atoms with E-state index in [1.807, 2.05) is 0 Å². The molecule has 0 bridgehead atoms. The van der Waals surface area contributed by atoms with Gasteiger partial charge < -0.3 is 14.2 Å². The molecule has 8 nitrogen and oxygen atoms in total. The van der Waals surface area contributed by atoms with Gasteiger partial charge in [-0.3, -0.25) is 24.1 Å². The average molecular weight is 349 g/mol. The van der Waals surface area contributed by atoms with Crippen molar-refractivity contribution in [2.24, 2.45) is 0 Å². The van der Waals surface area contributed by atoms with E-state index in [-0.39, 0.29) is 38.4 Å². The van der Waals surface area contributed by atoms with Gasteiger partial charge in [-0.05, 0) is 25.1 Å². The average Bonchev–Trinajstić information content (AvgIpc) is 2.61. The third-order valence-corrected chi connectivity index (χ3v) is 3.60. The van der Waals surface area contributed by atoms with Crippen molar-refractivity contribution in [1.29, 1.82) is 0 Å². The molecule has 0 atom stereocenters. The van der Waals surface area contributed by atoms with Crippen LogP contribution in [0.5, 0.6) is 5.75 Å². The molecule has 0 spiro atoms. The maximum atomic E-state index is 12.3. The second-order valence-corrected chi connectivity index (χ2v) is 5.26. The van der Waals surface area contributed by atoms with Crippen molar-refractivity contribution in [3.8, 4) is 5.75 Å². The molecule has 1 aliphatic rings. The second kappa shape index (κ2) is 8.27. The first kappa shape index (κ1) is 18.4. The van der Waals surface area contributed by atoms with Gasteiger partial charge in [0, 0.05) is 12.0 Å². The number of nitrogens with zero attached hydrogens (tertiary/aromatic N) is 1. The number of carbonyl (C=O) groups excluding carboxylic acids is 4. The molecular formula is C17H19NO7. The summed E-state index contributed by atoms with van der Waals surface area (Å²) in [5.74, 6) is -1.31. The van der Waals surface area contributed by atoms with Crippen LogP contribution in [0.2, 0.25) is 0 Å². The Morgan fingerprint density at radius 1 is 1.20 bits per heavy atom. The van der Waals surface area contributed by atoms with Gasteiger partial charge in [0.25, 0.3) is 5.91 Å². The second-order valence-electron chi connectivity index (χ2n) is 5.26. The number of rotatable bonds is 7. The lowest BCUT2D eigenvalue weighted by atomic mass is 10.0. The highest BCUT2D eigenvalue weighted by Gasteiger charge is 2.28. The molecule has 2 rings (SSSR count). The summed E-state index contributed by atoms with van der Waals surface area (Å²) in [4.78, 5) is 48.4. The number of benzene rings is 1. The maximum Gasteiger partial charge on any atom is 0.325 e. The number of amides is 1. The van der Waals surface area contributed by atoms with Gasteiger partial charge >= 0.3 is 11.9 Å². The Labute approximate surface area is 144 Å². The van der Waals surface area contributed by atoms with Gasteiger partial charge in [0.05, 0.1) is 25.8 Å². The summed E-state index contributed by atoms with van der Waals surface area (Å²) in [6.07, 6.45) is -0.0332. The van der Waals surface area contributed by atoms with E-state index in [4.69, 9.17) is 9.47 Å². The number of fused-ring (bicyclic) bond motifs is 1. The highest BCUT2D eigenvalue weighted by Crippen LogP contribution is 2.33. The molecule has 0 unspecified atom stereocenters. The number of anilines is 1. The van der Waals surface area contributed by atoms with Crippen LogP contribution in [0.25, 0.3) is 0 Å². The SMILES string of the molecule is CCOC(=O)CCC(=O)c1ccc2c(c1)N(CC(=O)OC)C(=O)CO2. The van der Waals surface area contributed by atoms with E-state index in [0.717, 1.165) is 0 Å². The predicted molar refractivity (Wildman–Crippen MR) is 86.5 cm³/mol. The first-order valence-electron chi connectivity index (χ1n) is 7.79. The van der Waals surface area contributed by atoms with Crippen molar-refractivity contribution < 1.29 is 33.4 Å². The summed E-state index contributed by atoms with van der Waals surface area (Å²) in [5, 5.41) is 0. The number of Topliss-reactive ketones (excluding diaryl/α,β-unsaturated/α-hetero) is 1. The topological polar surface area (TPSA) is 99.2 Å². The highest BCUT2D eigenvalue weighted by molar-refractivity contribution is 6.04. The smallest absolute Gasteiger partial charge is 0.325 e. The fourth-order valence-electron chi connectivity index (χ4n) is 2.34. The quantitative estimate of drug-likeness (QED) is 0.537. The van der Waals surface area contributed by atoms with Crippen LogP contribution in [0.1, 0.15) is 30.1 Å². The zero-order valence-corrected chi connectivity index (χ0v) is 14.1. The largest absolute Gasteiger partial charge is 0.482 e. The number of ether oxygens (including phenoxy) is 3. The summed E-state index contributed by atoms with van der Waals surface area (Å²) in [5.41, 5.74) is 0.639. The summed E-state index contributed by atoms with van der Waals surface area (Å²) in [6, 6.07) is 4.59. The van der Waals surface area contributed by atoms with Gasteiger partial charge in [0.2, 0.25) is 0 Å². The van der Waals surface area contributed by atoms with E-state index in [9.17, 15) is 19.2 Å². The standard InChI is InChI=1S/C17H19NO7/c1-3-24-16(21)7-5-13(19)11-4-6-14-12(8-11)18(9-17(22)23-2)15(20)10-25-14/h4,6,8H,3,5,7,9-10H2,1-2H3. The highest BCUT2D eigenvalue weighted by atomic mass is 16.5. The van der Waals surface area contributed by atoms with Gasteiger partial charge in [-0.15, -0.1) is 0 Å². The Morgan fingerprint density at radius 2 is 1.96 bits per heavy atom. The Kier molecular flexibility index (Phi) is 6.10. The van der Waals surface area contributed by atoms with E-state index >= 15 is 0 Å². The molecule has 134 valence electrons. The van der Waals surface area contributed by atoms with Crippen LogP contribution in [0.15, 0.2) is 18.2 Å². The zero-order valence-electron chi connectivity index (χ0n) is 14.1. The molecule has 1 heterocycles. The number of hydrogen-bond acceptors (Lipinski definition) is 7. The van der Waals surface area contributed by atoms with Crippen molar-refractivity contribution in [3.63, 3.8) is 0 Å². The van der Waals surface area contributed by atoms with Crippen LogP contribution in [0, 0.1) is 0 Å². The van der Waals surface area contributed by atoms with Crippen LogP contribution >= 0.6 is 0 Å². The van der Waals surface area contributed by atoms with Crippen molar-refractivity contribution in [2.45, 2.75) is 19.8 Å². The molecule has 1 aromatic carbocycles. The molecule has 0 fully saturated rings. The number of carbonyl (C=O) groups is 4. The van der Waals surface area contributed by atoms with Crippen LogP contribution in [0.4, 0.5) is 5.69 Å².